The van der Waals surface area contributed by atoms with E-state index in [4.69, 9.17) is 5.73 Å². The quantitative estimate of drug-likeness (QED) is 0.213. The van der Waals surface area contributed by atoms with Crippen LogP contribution in [0.2, 0.25) is 0 Å². The Labute approximate surface area is 230 Å². The van der Waals surface area contributed by atoms with E-state index in [-0.39, 0.29) is 0 Å². The summed E-state index contributed by atoms with van der Waals surface area (Å²) in [6, 6.07) is 48.6. The number of nitrogen functional groups attached to an aromatic ring is 1. The monoisotopic (exact) mass is 502 g/mol. The van der Waals surface area contributed by atoms with E-state index in [1.165, 1.54) is 21.9 Å². The van der Waals surface area contributed by atoms with Crippen molar-refractivity contribution in [3.8, 4) is 22.3 Å². The number of anilines is 3. The van der Waals surface area contributed by atoms with Crippen molar-refractivity contribution < 1.29 is 0 Å². The van der Waals surface area contributed by atoms with Gasteiger partial charge in [0.05, 0.1) is 0 Å². The van der Waals surface area contributed by atoms with Crippen LogP contribution >= 0.6 is 0 Å². The molecular formula is C37H30N2. The fraction of sp³-hybridized carbons (Fsp3) is 0.0270. The first-order valence-electron chi connectivity index (χ1n) is 13.3. The molecule has 0 radical (unpaired) electrons. The van der Waals surface area contributed by atoms with Crippen LogP contribution in [0.15, 0.2) is 146 Å². The average Bonchev–Trinajstić information content (AvgIpc) is 3.00. The van der Waals surface area contributed by atoms with Crippen LogP contribution < -0.4 is 11.1 Å². The number of para-hydroxylation sites is 1. The lowest BCUT2D eigenvalue weighted by Gasteiger charge is -2.17. The summed E-state index contributed by atoms with van der Waals surface area (Å²) in [6.45, 7) is 0. The van der Waals surface area contributed by atoms with E-state index in [1.54, 1.807) is 0 Å². The van der Waals surface area contributed by atoms with Gasteiger partial charge in [-0.2, -0.15) is 0 Å². The zero-order valence-corrected chi connectivity index (χ0v) is 21.7. The van der Waals surface area contributed by atoms with Gasteiger partial charge in [-0.05, 0) is 58.3 Å². The summed E-state index contributed by atoms with van der Waals surface area (Å²) in [6.07, 6.45) is 5.30. The number of nitrogens with two attached hydrogens (primary N) is 1. The highest BCUT2D eigenvalue weighted by molar-refractivity contribution is 5.99. The van der Waals surface area contributed by atoms with Gasteiger partial charge in [0.2, 0.25) is 0 Å². The number of fused-ring (bicyclic) bond motifs is 1. The van der Waals surface area contributed by atoms with Crippen molar-refractivity contribution in [3.05, 3.63) is 157 Å². The molecule has 0 bridgehead atoms. The molecule has 0 spiro atoms. The number of rotatable bonds is 7. The van der Waals surface area contributed by atoms with Gasteiger partial charge < -0.3 is 11.1 Å². The van der Waals surface area contributed by atoms with Gasteiger partial charge in [0, 0.05) is 33.6 Å². The summed E-state index contributed by atoms with van der Waals surface area (Å²) in [5.41, 5.74) is 16.3. The van der Waals surface area contributed by atoms with Gasteiger partial charge in [0.25, 0.3) is 0 Å². The summed E-state index contributed by atoms with van der Waals surface area (Å²) < 4.78 is 0. The van der Waals surface area contributed by atoms with Crippen molar-refractivity contribution >= 4 is 33.9 Å². The predicted octanol–water partition coefficient (Wildman–Crippen LogP) is 9.76. The second-order valence-corrected chi connectivity index (χ2v) is 9.67. The first-order chi connectivity index (χ1) is 19.3. The second kappa shape index (κ2) is 11.1. The SMILES string of the molecule is Nc1ccc(-c2ccccc2Nc2ccc(C/C=C/c3ccccc3)c3ccccc23)cc1-c1ccccc1. The molecule has 6 aromatic carbocycles. The highest BCUT2D eigenvalue weighted by Gasteiger charge is 2.11. The molecule has 39 heavy (non-hydrogen) atoms. The lowest BCUT2D eigenvalue weighted by atomic mass is 9.96. The van der Waals surface area contributed by atoms with Gasteiger partial charge in [-0.15, -0.1) is 0 Å². The van der Waals surface area contributed by atoms with E-state index in [9.17, 15) is 0 Å². The zero-order chi connectivity index (χ0) is 26.4. The van der Waals surface area contributed by atoms with Crippen LogP contribution in [0.1, 0.15) is 11.1 Å². The lowest BCUT2D eigenvalue weighted by molar-refractivity contribution is 1.31. The molecule has 6 rings (SSSR count). The van der Waals surface area contributed by atoms with E-state index in [0.29, 0.717) is 0 Å². The number of nitrogens with one attached hydrogen (secondary N) is 1. The number of allylic oxidation sites excluding steroid dienone is 1. The van der Waals surface area contributed by atoms with Crippen LogP contribution in [0.3, 0.4) is 0 Å². The third-order valence-electron chi connectivity index (χ3n) is 7.11. The molecule has 0 saturated heterocycles. The van der Waals surface area contributed by atoms with Gasteiger partial charge in [-0.25, -0.2) is 0 Å². The molecule has 0 saturated carbocycles. The molecule has 0 atom stereocenters. The molecule has 0 aliphatic heterocycles. The van der Waals surface area contributed by atoms with Crippen LogP contribution in [-0.4, -0.2) is 0 Å². The van der Waals surface area contributed by atoms with Crippen LogP contribution in [0.25, 0.3) is 39.1 Å². The van der Waals surface area contributed by atoms with E-state index in [0.717, 1.165) is 45.7 Å². The van der Waals surface area contributed by atoms with E-state index < -0.39 is 0 Å². The summed E-state index contributed by atoms with van der Waals surface area (Å²) in [4.78, 5) is 0. The Hall–Kier alpha value is -5.08. The standard InChI is InChI=1S/C37H30N2/c38-35-24-22-30(26-34(35)28-15-5-2-6-16-28)32-19-9-10-21-36(32)39-37-25-23-29(31-18-7-8-20-33(31)37)17-11-14-27-12-3-1-4-13-27/h1-16,18-26,39H,17,38H2/b14-11+. The first-order valence-corrected chi connectivity index (χ1v) is 13.3. The molecule has 0 fully saturated rings. The highest BCUT2D eigenvalue weighted by atomic mass is 14.9. The van der Waals surface area contributed by atoms with Gasteiger partial charge in [0.1, 0.15) is 0 Å². The summed E-state index contributed by atoms with van der Waals surface area (Å²) in [5, 5.41) is 6.22. The van der Waals surface area contributed by atoms with Crippen LogP contribution in [0.5, 0.6) is 0 Å². The molecule has 0 aliphatic rings. The van der Waals surface area contributed by atoms with Gasteiger partial charge in [-0.1, -0.05) is 127 Å². The molecule has 2 nitrogen and oxygen atoms in total. The van der Waals surface area contributed by atoms with Gasteiger partial charge >= 0.3 is 0 Å². The van der Waals surface area contributed by atoms with Crippen molar-refractivity contribution in [3.63, 3.8) is 0 Å². The fourth-order valence-electron chi connectivity index (χ4n) is 5.12. The third kappa shape index (κ3) is 5.32. The zero-order valence-electron chi connectivity index (χ0n) is 21.7. The molecule has 188 valence electrons. The molecular weight excluding hydrogens is 472 g/mol. The van der Waals surface area contributed by atoms with Crippen molar-refractivity contribution in [2.45, 2.75) is 6.42 Å². The molecule has 0 amide bonds. The lowest BCUT2D eigenvalue weighted by Crippen LogP contribution is -1.97. The van der Waals surface area contributed by atoms with Gasteiger partial charge in [-0.3, -0.25) is 0 Å². The number of benzene rings is 6. The summed E-state index contributed by atoms with van der Waals surface area (Å²) in [7, 11) is 0. The summed E-state index contributed by atoms with van der Waals surface area (Å²) >= 11 is 0. The maximum Gasteiger partial charge on any atom is 0.0464 e. The third-order valence-corrected chi connectivity index (χ3v) is 7.11. The Morgan fingerprint density at radius 1 is 0.538 bits per heavy atom. The van der Waals surface area contributed by atoms with E-state index >= 15 is 0 Å². The predicted molar refractivity (Wildman–Crippen MR) is 168 cm³/mol. The Kier molecular flexibility index (Phi) is 6.92. The van der Waals surface area contributed by atoms with E-state index in [1.807, 2.05) is 30.3 Å². The smallest absolute Gasteiger partial charge is 0.0464 e. The molecule has 2 heteroatoms. The Morgan fingerprint density at radius 3 is 2.05 bits per heavy atom. The minimum Gasteiger partial charge on any atom is -0.398 e. The molecule has 0 aromatic heterocycles. The maximum atomic E-state index is 6.38. The molecule has 0 aliphatic carbocycles. The van der Waals surface area contributed by atoms with Gasteiger partial charge in [0.15, 0.2) is 0 Å². The van der Waals surface area contributed by atoms with Crippen LogP contribution in [-0.2, 0) is 6.42 Å². The van der Waals surface area contributed by atoms with Crippen molar-refractivity contribution in [1.82, 2.24) is 0 Å². The fourth-order valence-corrected chi connectivity index (χ4v) is 5.12. The van der Waals surface area contributed by atoms with Crippen LogP contribution in [0, 0.1) is 0 Å². The maximum absolute atomic E-state index is 6.38. The minimum atomic E-state index is 0.776. The average molecular weight is 503 g/mol. The van der Waals surface area contributed by atoms with Crippen molar-refractivity contribution in [1.29, 1.82) is 0 Å². The Bertz CT molecular complexity index is 1750. The molecule has 3 N–H and O–H groups in total. The molecule has 6 aromatic rings. The first kappa shape index (κ1) is 24.3. The topological polar surface area (TPSA) is 38.0 Å². The minimum absolute atomic E-state index is 0.776. The Morgan fingerprint density at radius 2 is 1.23 bits per heavy atom. The molecule has 0 heterocycles. The second-order valence-electron chi connectivity index (χ2n) is 9.67. The van der Waals surface area contributed by atoms with Crippen LogP contribution in [0.4, 0.5) is 17.1 Å². The summed E-state index contributed by atoms with van der Waals surface area (Å²) in [5.74, 6) is 0. The van der Waals surface area contributed by atoms with E-state index in [2.05, 4.69) is 127 Å². The van der Waals surface area contributed by atoms with Crippen molar-refractivity contribution in [2.75, 3.05) is 11.1 Å². The Balaban J connectivity index is 1.33. The number of hydrogen-bond donors (Lipinski definition) is 2. The number of hydrogen-bond acceptors (Lipinski definition) is 2. The largest absolute Gasteiger partial charge is 0.398 e. The normalized spacial score (nSPS) is 11.2. The highest BCUT2D eigenvalue weighted by Crippen LogP contribution is 2.37. The van der Waals surface area contributed by atoms with Crippen molar-refractivity contribution in [2.24, 2.45) is 0 Å². The molecule has 0 unspecified atom stereocenters.